The van der Waals surface area contributed by atoms with E-state index in [0.29, 0.717) is 9.30 Å². The molecule has 0 radical (unpaired) electrons. The van der Waals surface area contributed by atoms with Crippen LogP contribution in [0.1, 0.15) is 29.7 Å². The molecule has 0 spiro atoms. The topological polar surface area (TPSA) is 0 Å². The van der Waals surface area contributed by atoms with Crippen LogP contribution in [0.3, 0.4) is 0 Å². The first-order chi connectivity index (χ1) is 8.66. The highest BCUT2D eigenvalue weighted by Gasteiger charge is 2.66. The first-order valence-corrected chi connectivity index (χ1v) is 8.46. The average Bonchev–Trinajstić information content (AvgIpc) is 2.80. The molecule has 0 N–H and O–H groups in total. The van der Waals surface area contributed by atoms with Crippen molar-refractivity contribution in [3.8, 4) is 0 Å². The summed E-state index contributed by atoms with van der Waals surface area (Å²) in [4.78, 5) is 0.410. The number of rotatable bonds is 2. The summed E-state index contributed by atoms with van der Waals surface area (Å²) in [6.45, 7) is 0. The second-order valence-electron chi connectivity index (χ2n) is 6.14. The molecular formula is C15H15Br2F. The molecule has 1 aromatic rings. The minimum absolute atomic E-state index is 0.172. The average molecular weight is 374 g/mol. The Hall–Kier alpha value is 0.110. The van der Waals surface area contributed by atoms with Gasteiger partial charge >= 0.3 is 0 Å². The summed E-state index contributed by atoms with van der Waals surface area (Å²) in [6, 6.07) is 5.43. The molecule has 2 bridgehead atoms. The van der Waals surface area contributed by atoms with Crippen LogP contribution < -0.4 is 0 Å². The van der Waals surface area contributed by atoms with Gasteiger partial charge in [-0.25, -0.2) is 4.39 Å². The van der Waals surface area contributed by atoms with Crippen LogP contribution in [0, 0.1) is 35.4 Å². The first-order valence-electron chi connectivity index (χ1n) is 6.76. The lowest BCUT2D eigenvalue weighted by atomic mass is 9.97. The largest absolute Gasteiger partial charge is 0.206 e. The standard InChI is InChI=1S/C15H15Br2F/c16-10-6-9(3-4-11(10)18)15(17)14-12-7-1-2-8(5-7)13(12)14/h3-4,6-8,12-15H,1-2,5H2. The van der Waals surface area contributed by atoms with E-state index in [1.165, 1.54) is 24.8 Å². The number of alkyl halides is 1. The first kappa shape index (κ1) is 11.9. The molecule has 3 fully saturated rings. The third-order valence-corrected chi connectivity index (χ3v) is 7.14. The van der Waals surface area contributed by atoms with Gasteiger partial charge < -0.3 is 0 Å². The van der Waals surface area contributed by atoms with Crippen LogP contribution in [0.4, 0.5) is 4.39 Å². The second-order valence-corrected chi connectivity index (χ2v) is 7.98. The van der Waals surface area contributed by atoms with Gasteiger partial charge in [-0.05, 0) is 82.5 Å². The quantitative estimate of drug-likeness (QED) is 0.615. The highest BCUT2D eigenvalue weighted by atomic mass is 79.9. The molecule has 3 aliphatic carbocycles. The van der Waals surface area contributed by atoms with Crippen molar-refractivity contribution in [3.05, 3.63) is 34.1 Å². The van der Waals surface area contributed by atoms with E-state index in [1.807, 2.05) is 12.1 Å². The van der Waals surface area contributed by atoms with Gasteiger partial charge in [0.1, 0.15) is 5.82 Å². The van der Waals surface area contributed by atoms with Gasteiger partial charge in [-0.15, -0.1) is 0 Å². The molecule has 0 nitrogen and oxygen atoms in total. The predicted octanol–water partition coefficient (Wildman–Crippen LogP) is 5.32. The van der Waals surface area contributed by atoms with Crippen LogP contribution >= 0.6 is 31.9 Å². The maximum absolute atomic E-state index is 13.3. The molecule has 0 aliphatic heterocycles. The molecular weight excluding hydrogens is 359 g/mol. The lowest BCUT2D eigenvalue weighted by Crippen LogP contribution is -2.04. The maximum atomic E-state index is 13.3. The fourth-order valence-corrected chi connectivity index (χ4v) is 6.08. The van der Waals surface area contributed by atoms with E-state index in [-0.39, 0.29) is 5.82 Å². The van der Waals surface area contributed by atoms with Gasteiger partial charge in [-0.3, -0.25) is 0 Å². The van der Waals surface area contributed by atoms with Crippen LogP contribution in [0.5, 0.6) is 0 Å². The highest BCUT2D eigenvalue weighted by molar-refractivity contribution is 9.10. The van der Waals surface area contributed by atoms with Crippen LogP contribution in [0.2, 0.25) is 0 Å². The maximum Gasteiger partial charge on any atom is 0.137 e. The zero-order valence-corrected chi connectivity index (χ0v) is 13.1. The van der Waals surface area contributed by atoms with Crippen molar-refractivity contribution in [1.29, 1.82) is 0 Å². The summed E-state index contributed by atoms with van der Waals surface area (Å²) in [7, 11) is 0. The summed E-state index contributed by atoms with van der Waals surface area (Å²) in [5.74, 6) is 4.53. The van der Waals surface area contributed by atoms with Gasteiger partial charge in [0.05, 0.1) is 4.47 Å². The Bertz CT molecular complexity index is 485. The Balaban J connectivity index is 1.58. The fraction of sp³-hybridized carbons (Fsp3) is 0.600. The lowest BCUT2D eigenvalue weighted by Gasteiger charge is -2.15. The Morgan fingerprint density at radius 2 is 1.83 bits per heavy atom. The van der Waals surface area contributed by atoms with E-state index >= 15 is 0 Å². The van der Waals surface area contributed by atoms with Gasteiger partial charge in [-0.2, -0.15) is 0 Å². The van der Waals surface area contributed by atoms with Crippen LogP contribution in [0.15, 0.2) is 22.7 Å². The molecule has 0 saturated heterocycles. The van der Waals surface area contributed by atoms with Gasteiger partial charge in [0.15, 0.2) is 0 Å². The van der Waals surface area contributed by atoms with Gasteiger partial charge in [-0.1, -0.05) is 22.0 Å². The summed E-state index contributed by atoms with van der Waals surface area (Å²) in [5, 5.41) is 0. The smallest absolute Gasteiger partial charge is 0.137 e. The van der Waals surface area contributed by atoms with Crippen molar-refractivity contribution in [2.45, 2.75) is 24.1 Å². The fourth-order valence-electron chi connectivity index (χ4n) is 4.69. The van der Waals surface area contributed by atoms with Crippen LogP contribution in [-0.2, 0) is 0 Å². The number of benzene rings is 1. The summed E-state index contributed by atoms with van der Waals surface area (Å²) >= 11 is 7.15. The third kappa shape index (κ3) is 1.59. The zero-order valence-electron chi connectivity index (χ0n) is 9.95. The van der Waals surface area contributed by atoms with Crippen molar-refractivity contribution in [2.24, 2.45) is 29.6 Å². The molecule has 4 rings (SSSR count). The molecule has 18 heavy (non-hydrogen) atoms. The number of fused-ring (bicyclic) bond motifs is 5. The Morgan fingerprint density at radius 3 is 2.44 bits per heavy atom. The molecule has 0 amide bonds. The minimum atomic E-state index is -0.172. The van der Waals surface area contributed by atoms with E-state index in [9.17, 15) is 4.39 Å². The SMILES string of the molecule is Fc1ccc(C(Br)C2C3C4CCC(C4)C32)cc1Br. The van der Waals surface area contributed by atoms with Gasteiger partial charge in [0.25, 0.3) is 0 Å². The molecule has 3 heteroatoms. The van der Waals surface area contributed by atoms with E-state index in [1.54, 1.807) is 6.07 Å². The number of halogens is 3. The molecule has 3 saturated carbocycles. The van der Waals surface area contributed by atoms with Crippen LogP contribution in [0.25, 0.3) is 0 Å². The van der Waals surface area contributed by atoms with E-state index in [2.05, 4.69) is 31.9 Å². The van der Waals surface area contributed by atoms with Crippen molar-refractivity contribution < 1.29 is 4.39 Å². The van der Waals surface area contributed by atoms with Gasteiger partial charge in [0, 0.05) is 4.83 Å². The van der Waals surface area contributed by atoms with Gasteiger partial charge in [0.2, 0.25) is 0 Å². The number of hydrogen-bond donors (Lipinski definition) is 0. The van der Waals surface area contributed by atoms with Crippen molar-refractivity contribution in [3.63, 3.8) is 0 Å². The normalized spacial score (nSPS) is 41.8. The predicted molar refractivity (Wildman–Crippen MR) is 77.1 cm³/mol. The summed E-state index contributed by atoms with van der Waals surface area (Å²) < 4.78 is 13.9. The molecule has 0 aromatic heterocycles. The molecule has 1 aromatic carbocycles. The monoisotopic (exact) mass is 372 g/mol. The Kier molecular flexibility index (Phi) is 2.68. The lowest BCUT2D eigenvalue weighted by molar-refractivity contribution is 0.456. The summed E-state index contributed by atoms with van der Waals surface area (Å²) in [5.41, 5.74) is 1.22. The van der Waals surface area contributed by atoms with Crippen molar-refractivity contribution in [1.82, 2.24) is 0 Å². The third-order valence-electron chi connectivity index (χ3n) is 5.39. The number of hydrogen-bond acceptors (Lipinski definition) is 0. The molecule has 0 heterocycles. The minimum Gasteiger partial charge on any atom is -0.206 e. The molecule has 5 atom stereocenters. The molecule has 5 unspecified atom stereocenters. The summed E-state index contributed by atoms with van der Waals surface area (Å²) in [6.07, 6.45) is 4.39. The van der Waals surface area contributed by atoms with E-state index in [0.717, 1.165) is 29.6 Å². The van der Waals surface area contributed by atoms with E-state index < -0.39 is 0 Å². The van der Waals surface area contributed by atoms with Crippen molar-refractivity contribution in [2.75, 3.05) is 0 Å². The molecule has 3 aliphatic rings. The highest BCUT2D eigenvalue weighted by Crippen LogP contribution is 2.73. The van der Waals surface area contributed by atoms with Crippen molar-refractivity contribution >= 4 is 31.9 Å². The van der Waals surface area contributed by atoms with Crippen LogP contribution in [-0.4, -0.2) is 0 Å². The Morgan fingerprint density at radius 1 is 1.17 bits per heavy atom. The second kappa shape index (κ2) is 4.05. The molecule has 96 valence electrons. The zero-order chi connectivity index (χ0) is 12.4. The Labute approximate surface area is 124 Å². The van der Waals surface area contributed by atoms with E-state index in [4.69, 9.17) is 0 Å².